The number of aromatic amines is 1. The fraction of sp³-hybridized carbons (Fsp3) is 0.231. The van der Waals surface area contributed by atoms with Crippen molar-refractivity contribution in [2.45, 2.75) is 19.8 Å². The molecule has 0 saturated heterocycles. The number of benzene rings is 1. The van der Waals surface area contributed by atoms with Crippen LogP contribution in [0.1, 0.15) is 25.6 Å². The molecule has 0 aliphatic carbocycles. The summed E-state index contributed by atoms with van der Waals surface area (Å²) in [6.07, 6.45) is 0. The van der Waals surface area contributed by atoms with Crippen LogP contribution in [0.5, 0.6) is 0 Å². The average molecular weight is 227 g/mol. The van der Waals surface area contributed by atoms with Gasteiger partial charge in [-0.2, -0.15) is 5.10 Å². The molecule has 2 aromatic heterocycles. The van der Waals surface area contributed by atoms with Gasteiger partial charge < -0.3 is 0 Å². The number of para-hydroxylation sites is 1. The lowest BCUT2D eigenvalue weighted by Crippen LogP contribution is -2.16. The van der Waals surface area contributed by atoms with Crippen molar-refractivity contribution in [2.24, 2.45) is 0 Å². The number of hydrogen-bond donors (Lipinski definition) is 1. The first-order valence-electron chi connectivity index (χ1n) is 5.67. The van der Waals surface area contributed by atoms with Crippen molar-refractivity contribution in [2.75, 3.05) is 0 Å². The van der Waals surface area contributed by atoms with Crippen LogP contribution in [0.25, 0.3) is 16.4 Å². The molecular weight excluding hydrogens is 214 g/mol. The van der Waals surface area contributed by atoms with Crippen LogP contribution in [-0.4, -0.2) is 14.6 Å². The van der Waals surface area contributed by atoms with E-state index in [4.69, 9.17) is 0 Å². The zero-order valence-corrected chi connectivity index (χ0v) is 9.77. The third-order valence-electron chi connectivity index (χ3n) is 2.96. The van der Waals surface area contributed by atoms with E-state index in [9.17, 15) is 4.79 Å². The maximum absolute atomic E-state index is 11.8. The summed E-state index contributed by atoms with van der Waals surface area (Å²) in [5.41, 5.74) is 1.54. The van der Waals surface area contributed by atoms with Crippen LogP contribution in [0, 0.1) is 0 Å². The highest BCUT2D eigenvalue weighted by Crippen LogP contribution is 2.21. The van der Waals surface area contributed by atoms with Gasteiger partial charge in [0, 0.05) is 11.3 Å². The summed E-state index contributed by atoms with van der Waals surface area (Å²) in [4.78, 5) is 11.8. The molecule has 3 rings (SSSR count). The lowest BCUT2D eigenvalue weighted by atomic mass is 10.2. The molecule has 0 aliphatic heterocycles. The minimum absolute atomic E-state index is 0.148. The van der Waals surface area contributed by atoms with Crippen LogP contribution in [0.15, 0.2) is 35.1 Å². The van der Waals surface area contributed by atoms with E-state index in [0.717, 1.165) is 16.7 Å². The molecule has 0 fully saturated rings. The molecule has 4 heteroatoms. The molecule has 0 saturated carbocycles. The smallest absolute Gasteiger partial charge is 0.288 e. The summed E-state index contributed by atoms with van der Waals surface area (Å²) in [5.74, 6) is 1.13. The first-order valence-corrected chi connectivity index (χ1v) is 5.67. The summed E-state index contributed by atoms with van der Waals surface area (Å²) in [5, 5.41) is 7.78. The van der Waals surface area contributed by atoms with E-state index in [0.29, 0.717) is 5.52 Å². The first kappa shape index (κ1) is 10.1. The van der Waals surface area contributed by atoms with Crippen molar-refractivity contribution < 1.29 is 0 Å². The summed E-state index contributed by atoms with van der Waals surface area (Å²) >= 11 is 0. The maximum atomic E-state index is 11.8. The number of nitrogens with one attached hydrogen (secondary N) is 1. The molecule has 0 atom stereocenters. The van der Waals surface area contributed by atoms with Gasteiger partial charge in [0.15, 0.2) is 0 Å². The molecule has 1 N–H and O–H groups in total. The van der Waals surface area contributed by atoms with Crippen molar-refractivity contribution in [3.05, 3.63) is 46.5 Å². The van der Waals surface area contributed by atoms with E-state index >= 15 is 0 Å². The van der Waals surface area contributed by atoms with Crippen molar-refractivity contribution in [1.82, 2.24) is 14.6 Å². The van der Waals surface area contributed by atoms with Gasteiger partial charge in [-0.3, -0.25) is 9.20 Å². The second-order valence-corrected chi connectivity index (χ2v) is 4.49. The van der Waals surface area contributed by atoms with Gasteiger partial charge in [0.05, 0.1) is 5.52 Å². The minimum atomic E-state index is -0.148. The SMILES string of the molecule is CC(C)c1n[nH]c(=O)c2cc3ccccc3n12. The van der Waals surface area contributed by atoms with Gasteiger partial charge in [-0.15, -0.1) is 0 Å². The lowest BCUT2D eigenvalue weighted by molar-refractivity contribution is 0.718. The number of nitrogens with zero attached hydrogens (tertiary/aromatic N) is 2. The van der Waals surface area contributed by atoms with Crippen molar-refractivity contribution in [3.63, 3.8) is 0 Å². The fourth-order valence-electron chi connectivity index (χ4n) is 2.17. The van der Waals surface area contributed by atoms with Crippen LogP contribution in [0.4, 0.5) is 0 Å². The topological polar surface area (TPSA) is 50.2 Å². The van der Waals surface area contributed by atoms with E-state index in [-0.39, 0.29) is 11.5 Å². The molecular formula is C13H13N3O. The Morgan fingerprint density at radius 2 is 2.00 bits per heavy atom. The largest absolute Gasteiger partial charge is 0.291 e. The van der Waals surface area contributed by atoms with Gasteiger partial charge in [-0.05, 0) is 12.1 Å². The Kier molecular flexibility index (Phi) is 2.04. The Labute approximate surface area is 97.9 Å². The number of aromatic nitrogens is 3. The number of rotatable bonds is 1. The number of H-pyrrole nitrogens is 1. The molecule has 1 aromatic carbocycles. The quantitative estimate of drug-likeness (QED) is 0.693. The number of fused-ring (bicyclic) bond motifs is 3. The fourth-order valence-corrected chi connectivity index (χ4v) is 2.17. The van der Waals surface area contributed by atoms with Gasteiger partial charge in [0.1, 0.15) is 11.3 Å². The molecule has 0 aliphatic rings. The van der Waals surface area contributed by atoms with Crippen LogP contribution in [0.3, 0.4) is 0 Å². The normalized spacial score (nSPS) is 11.7. The van der Waals surface area contributed by atoms with Gasteiger partial charge in [-0.25, -0.2) is 5.10 Å². The molecule has 2 heterocycles. The van der Waals surface area contributed by atoms with E-state index < -0.39 is 0 Å². The van der Waals surface area contributed by atoms with Crippen molar-refractivity contribution in [3.8, 4) is 0 Å². The highest BCUT2D eigenvalue weighted by atomic mass is 16.1. The molecule has 0 amide bonds. The Bertz CT molecular complexity index is 752. The third kappa shape index (κ3) is 1.37. The number of hydrogen-bond acceptors (Lipinski definition) is 2. The highest BCUT2D eigenvalue weighted by molar-refractivity contribution is 5.87. The standard InChI is InChI=1S/C13H13N3O/c1-8(2)12-14-15-13(17)11-7-9-5-3-4-6-10(9)16(11)12/h3-8H,1-2H3,(H,15,17). The monoisotopic (exact) mass is 227 g/mol. The molecule has 0 radical (unpaired) electrons. The zero-order chi connectivity index (χ0) is 12.0. The minimum Gasteiger partial charge on any atom is -0.291 e. The molecule has 86 valence electrons. The molecule has 0 spiro atoms. The molecule has 0 bridgehead atoms. The van der Waals surface area contributed by atoms with Crippen LogP contribution in [0.2, 0.25) is 0 Å². The summed E-state index contributed by atoms with van der Waals surface area (Å²) in [6.45, 7) is 4.13. The second kappa shape index (κ2) is 3.45. The van der Waals surface area contributed by atoms with Gasteiger partial charge >= 0.3 is 0 Å². The van der Waals surface area contributed by atoms with Crippen LogP contribution >= 0.6 is 0 Å². The molecule has 0 unspecified atom stereocenters. The Morgan fingerprint density at radius 3 is 2.76 bits per heavy atom. The summed E-state index contributed by atoms with van der Waals surface area (Å²) < 4.78 is 1.94. The van der Waals surface area contributed by atoms with E-state index in [2.05, 4.69) is 24.0 Å². The highest BCUT2D eigenvalue weighted by Gasteiger charge is 2.12. The van der Waals surface area contributed by atoms with E-state index in [1.807, 2.05) is 34.7 Å². The molecule has 3 aromatic rings. The third-order valence-corrected chi connectivity index (χ3v) is 2.96. The lowest BCUT2D eigenvalue weighted by Gasteiger charge is -2.08. The Morgan fingerprint density at radius 1 is 1.24 bits per heavy atom. The van der Waals surface area contributed by atoms with Gasteiger partial charge in [-0.1, -0.05) is 32.0 Å². The van der Waals surface area contributed by atoms with E-state index in [1.165, 1.54) is 0 Å². The first-order chi connectivity index (χ1) is 8.18. The molecule has 17 heavy (non-hydrogen) atoms. The van der Waals surface area contributed by atoms with Crippen LogP contribution < -0.4 is 5.56 Å². The van der Waals surface area contributed by atoms with Crippen molar-refractivity contribution >= 4 is 16.4 Å². The predicted molar refractivity (Wildman–Crippen MR) is 67.4 cm³/mol. The van der Waals surface area contributed by atoms with Gasteiger partial charge in [0.25, 0.3) is 5.56 Å². The van der Waals surface area contributed by atoms with E-state index in [1.54, 1.807) is 0 Å². The molecule has 4 nitrogen and oxygen atoms in total. The second-order valence-electron chi connectivity index (χ2n) is 4.49. The Balaban J connectivity index is 2.61. The predicted octanol–water partition coefficient (Wildman–Crippen LogP) is 2.30. The Hall–Kier alpha value is -2.10. The van der Waals surface area contributed by atoms with Gasteiger partial charge in [0.2, 0.25) is 0 Å². The summed E-state index contributed by atoms with van der Waals surface area (Å²) in [6, 6.07) is 9.86. The van der Waals surface area contributed by atoms with Crippen molar-refractivity contribution in [1.29, 1.82) is 0 Å². The maximum Gasteiger partial charge on any atom is 0.288 e. The zero-order valence-electron chi connectivity index (χ0n) is 9.77. The van der Waals surface area contributed by atoms with Crippen LogP contribution in [-0.2, 0) is 0 Å². The average Bonchev–Trinajstić information content (AvgIpc) is 2.69. The summed E-state index contributed by atoms with van der Waals surface area (Å²) in [7, 11) is 0.